The zero-order chi connectivity index (χ0) is 16.1. The van der Waals surface area contributed by atoms with E-state index in [0.717, 1.165) is 48.1 Å². The van der Waals surface area contributed by atoms with Crippen LogP contribution < -0.4 is 4.74 Å². The van der Waals surface area contributed by atoms with Crippen molar-refractivity contribution in [3.8, 4) is 5.88 Å². The molecule has 0 unspecified atom stereocenters. The number of ether oxygens (including phenoxy) is 1. The van der Waals surface area contributed by atoms with Crippen molar-refractivity contribution in [3.05, 3.63) is 28.4 Å². The van der Waals surface area contributed by atoms with Crippen LogP contribution >= 0.6 is 15.9 Å². The molecule has 5 heteroatoms. The number of aliphatic imine (C=N–C) groups is 1. The molecule has 2 rings (SSSR count). The molecule has 0 aromatic carbocycles. The van der Waals surface area contributed by atoms with Crippen molar-refractivity contribution in [2.45, 2.75) is 45.6 Å². The summed E-state index contributed by atoms with van der Waals surface area (Å²) in [7, 11) is 2.00. The monoisotopic (exact) mass is 365 g/mol. The van der Waals surface area contributed by atoms with Crippen molar-refractivity contribution in [2.75, 3.05) is 13.6 Å². The fraction of sp³-hybridized carbons (Fsp3) is 0.529. The quantitative estimate of drug-likeness (QED) is 0.433. The number of nitrogens with zero attached hydrogens (tertiary/aromatic N) is 3. The summed E-state index contributed by atoms with van der Waals surface area (Å²) in [5.74, 6) is 0.665. The zero-order valence-corrected chi connectivity index (χ0v) is 15.2. The van der Waals surface area contributed by atoms with Gasteiger partial charge in [-0.3, -0.25) is 0 Å². The molecule has 1 fully saturated rings. The van der Waals surface area contributed by atoms with Crippen LogP contribution in [0.25, 0.3) is 0 Å². The van der Waals surface area contributed by atoms with E-state index in [1.165, 1.54) is 5.57 Å². The lowest BCUT2D eigenvalue weighted by Crippen LogP contribution is -2.21. The number of rotatable bonds is 5. The first kappa shape index (κ1) is 17.0. The zero-order valence-electron chi connectivity index (χ0n) is 13.6. The Morgan fingerprint density at radius 3 is 2.82 bits per heavy atom. The van der Waals surface area contributed by atoms with E-state index in [1.807, 2.05) is 31.3 Å². The van der Waals surface area contributed by atoms with Gasteiger partial charge in [-0.15, -0.1) is 0 Å². The molecular weight excluding hydrogens is 342 g/mol. The molecule has 0 amide bonds. The van der Waals surface area contributed by atoms with Gasteiger partial charge in [0.25, 0.3) is 0 Å². The lowest BCUT2D eigenvalue weighted by atomic mass is 9.94. The van der Waals surface area contributed by atoms with Gasteiger partial charge in [-0.25, -0.2) is 9.98 Å². The van der Waals surface area contributed by atoms with E-state index >= 15 is 0 Å². The van der Waals surface area contributed by atoms with E-state index in [2.05, 4.69) is 39.4 Å². The van der Waals surface area contributed by atoms with Crippen LogP contribution in [-0.4, -0.2) is 35.9 Å². The lowest BCUT2D eigenvalue weighted by Gasteiger charge is -2.24. The Morgan fingerprint density at radius 1 is 1.50 bits per heavy atom. The van der Waals surface area contributed by atoms with E-state index in [0.29, 0.717) is 5.88 Å². The van der Waals surface area contributed by atoms with Crippen LogP contribution in [0, 0.1) is 6.92 Å². The van der Waals surface area contributed by atoms with Gasteiger partial charge in [0.15, 0.2) is 0 Å². The number of aryl methyl sites for hydroxylation is 1. The number of hydrogen-bond acceptors (Lipinski definition) is 3. The second-order valence-electron chi connectivity index (χ2n) is 5.76. The molecule has 0 saturated heterocycles. The van der Waals surface area contributed by atoms with Crippen molar-refractivity contribution in [2.24, 2.45) is 4.99 Å². The normalized spacial score (nSPS) is 16.3. The predicted octanol–water partition coefficient (Wildman–Crippen LogP) is 4.64. The van der Waals surface area contributed by atoms with Gasteiger partial charge < -0.3 is 9.64 Å². The topological polar surface area (TPSA) is 37.7 Å². The molecule has 0 N–H and O–H groups in total. The average Bonchev–Trinajstić information content (AvgIpc) is 2.51. The summed E-state index contributed by atoms with van der Waals surface area (Å²) in [6.07, 6.45) is 6.19. The van der Waals surface area contributed by atoms with Crippen LogP contribution in [0.5, 0.6) is 5.88 Å². The fourth-order valence-corrected chi connectivity index (χ4v) is 2.68. The van der Waals surface area contributed by atoms with Gasteiger partial charge in [0.2, 0.25) is 5.88 Å². The number of aromatic nitrogens is 1. The summed E-state index contributed by atoms with van der Waals surface area (Å²) in [5, 5.41) is 0. The van der Waals surface area contributed by atoms with Crippen molar-refractivity contribution in [1.82, 2.24) is 9.88 Å². The first-order valence-corrected chi connectivity index (χ1v) is 8.53. The van der Waals surface area contributed by atoms with Crippen molar-refractivity contribution < 1.29 is 4.74 Å². The highest BCUT2D eigenvalue weighted by molar-refractivity contribution is 9.10. The highest BCUT2D eigenvalue weighted by Crippen LogP contribution is 2.32. The van der Waals surface area contributed by atoms with E-state index in [4.69, 9.17) is 4.74 Å². The van der Waals surface area contributed by atoms with Crippen LogP contribution in [0.2, 0.25) is 0 Å². The third-order valence-electron chi connectivity index (χ3n) is 3.92. The standard InChI is InChI=1S/C17H24BrN3O/c1-5-21(4)11-19-16-10-15(18)17(20-13(16)3)22-14-8-6-12(2)7-9-14/h10-11,14H,2,5-9H2,1,3-4H3/b19-11+. The van der Waals surface area contributed by atoms with Crippen molar-refractivity contribution in [3.63, 3.8) is 0 Å². The Labute approximate surface area is 141 Å². The van der Waals surface area contributed by atoms with Gasteiger partial charge in [0.05, 0.1) is 22.2 Å². The fourth-order valence-electron chi connectivity index (χ4n) is 2.28. The van der Waals surface area contributed by atoms with E-state index in [1.54, 1.807) is 0 Å². The van der Waals surface area contributed by atoms with E-state index < -0.39 is 0 Å². The smallest absolute Gasteiger partial charge is 0.228 e. The molecule has 0 atom stereocenters. The maximum Gasteiger partial charge on any atom is 0.228 e. The first-order valence-electron chi connectivity index (χ1n) is 7.74. The molecule has 4 nitrogen and oxygen atoms in total. The van der Waals surface area contributed by atoms with Crippen molar-refractivity contribution in [1.29, 1.82) is 0 Å². The molecule has 1 aromatic heterocycles. The number of halogens is 1. The highest BCUT2D eigenvalue weighted by atomic mass is 79.9. The highest BCUT2D eigenvalue weighted by Gasteiger charge is 2.19. The van der Waals surface area contributed by atoms with Gasteiger partial charge in [-0.05, 0) is 61.5 Å². The average molecular weight is 366 g/mol. The maximum absolute atomic E-state index is 6.06. The van der Waals surface area contributed by atoms with Gasteiger partial charge in [0, 0.05) is 13.6 Å². The Balaban J connectivity index is 2.09. The summed E-state index contributed by atoms with van der Waals surface area (Å²) < 4.78 is 6.91. The number of hydrogen-bond donors (Lipinski definition) is 0. The van der Waals surface area contributed by atoms with Crippen LogP contribution in [0.3, 0.4) is 0 Å². The van der Waals surface area contributed by atoms with Gasteiger partial charge in [-0.2, -0.15) is 0 Å². The first-order chi connectivity index (χ1) is 10.5. The summed E-state index contributed by atoms with van der Waals surface area (Å²) in [4.78, 5) is 11.1. The summed E-state index contributed by atoms with van der Waals surface area (Å²) in [6, 6.07) is 1.97. The summed E-state index contributed by atoms with van der Waals surface area (Å²) >= 11 is 3.55. The molecule has 22 heavy (non-hydrogen) atoms. The van der Waals surface area contributed by atoms with Crippen LogP contribution in [-0.2, 0) is 0 Å². The predicted molar refractivity (Wildman–Crippen MR) is 95.2 cm³/mol. The molecule has 1 aliphatic carbocycles. The SMILES string of the molecule is C=C1CCC(Oc2nc(C)c(/N=C/N(C)CC)cc2Br)CC1. The number of pyridine rings is 1. The van der Waals surface area contributed by atoms with Gasteiger partial charge >= 0.3 is 0 Å². The minimum atomic E-state index is 0.231. The number of allylic oxidation sites excluding steroid dienone is 1. The van der Waals surface area contributed by atoms with E-state index in [-0.39, 0.29) is 6.10 Å². The molecule has 1 aliphatic rings. The van der Waals surface area contributed by atoms with Crippen LogP contribution in [0.4, 0.5) is 5.69 Å². The Kier molecular flexibility index (Phi) is 6.00. The van der Waals surface area contributed by atoms with Gasteiger partial charge in [-0.1, -0.05) is 12.2 Å². The summed E-state index contributed by atoms with van der Waals surface area (Å²) in [5.41, 5.74) is 3.06. The lowest BCUT2D eigenvalue weighted by molar-refractivity contribution is 0.161. The molecule has 1 heterocycles. The molecule has 1 aromatic rings. The molecule has 0 bridgehead atoms. The second-order valence-corrected chi connectivity index (χ2v) is 6.62. The minimum Gasteiger partial charge on any atom is -0.474 e. The maximum atomic E-state index is 6.06. The largest absolute Gasteiger partial charge is 0.474 e. The van der Waals surface area contributed by atoms with Crippen LogP contribution in [0.15, 0.2) is 27.7 Å². The molecular formula is C17H24BrN3O. The van der Waals surface area contributed by atoms with Crippen molar-refractivity contribution >= 4 is 28.0 Å². The minimum absolute atomic E-state index is 0.231. The Morgan fingerprint density at radius 2 is 2.18 bits per heavy atom. The second kappa shape index (κ2) is 7.77. The molecule has 0 radical (unpaired) electrons. The Hall–Kier alpha value is -1.36. The van der Waals surface area contributed by atoms with Crippen LogP contribution in [0.1, 0.15) is 38.3 Å². The molecule has 0 spiro atoms. The molecule has 120 valence electrons. The third kappa shape index (κ3) is 4.57. The molecule has 0 aliphatic heterocycles. The van der Waals surface area contributed by atoms with Gasteiger partial charge in [0.1, 0.15) is 6.10 Å². The molecule has 1 saturated carbocycles. The third-order valence-corrected chi connectivity index (χ3v) is 4.49. The summed E-state index contributed by atoms with van der Waals surface area (Å²) in [6.45, 7) is 9.01. The Bertz CT molecular complexity index is 561. The van der Waals surface area contributed by atoms with E-state index in [9.17, 15) is 0 Å².